The molecule has 0 aromatic heterocycles. The monoisotopic (exact) mass is 920 g/mol. The molecule has 0 saturated carbocycles. The van der Waals surface area contributed by atoms with E-state index in [2.05, 4.69) is 125 Å². The number of fused-ring (bicyclic) bond motifs is 6. The highest BCUT2D eigenvalue weighted by Gasteiger charge is 2.27. The molecule has 0 atom stereocenters. The van der Waals surface area contributed by atoms with Gasteiger partial charge in [-0.2, -0.15) is 0 Å². The molecule has 6 heteroatoms. The minimum atomic E-state index is -4.04. The molecule has 0 fully saturated rings. The van der Waals surface area contributed by atoms with Crippen LogP contribution < -0.4 is 0 Å². The Bertz CT molecular complexity index is 4490. The molecule has 0 aliphatic rings. The van der Waals surface area contributed by atoms with Crippen LogP contribution in [0.25, 0.3) is 108 Å². The molecule has 12 aromatic rings. The zero-order chi connectivity index (χ0) is 47.3. The van der Waals surface area contributed by atoms with Crippen molar-refractivity contribution in [3.05, 3.63) is 185 Å². The third-order valence-corrected chi connectivity index (χ3v) is 17.5. The lowest BCUT2D eigenvalue weighted by Crippen LogP contribution is -2.06. The fourth-order valence-electron chi connectivity index (χ4n) is 11.6. The lowest BCUT2D eigenvalue weighted by atomic mass is 9.84. The number of aryl methyl sites for hydroxylation is 7. The van der Waals surface area contributed by atoms with E-state index in [4.69, 9.17) is 0 Å². The van der Waals surface area contributed by atoms with Crippen molar-refractivity contribution in [2.75, 3.05) is 6.26 Å². The molecular formula is C62H48O4S2. The summed E-state index contributed by atoms with van der Waals surface area (Å²) in [6, 6.07) is 50.6. The number of sulfone groups is 2. The molecule has 4 nitrogen and oxygen atoms in total. The van der Waals surface area contributed by atoms with Crippen molar-refractivity contribution in [2.45, 2.75) is 63.2 Å². The molecule has 0 radical (unpaired) electrons. The van der Waals surface area contributed by atoms with E-state index in [1.54, 1.807) is 12.1 Å². The van der Waals surface area contributed by atoms with Gasteiger partial charge in [0, 0.05) is 17.0 Å². The van der Waals surface area contributed by atoms with Crippen LogP contribution in [0.3, 0.4) is 0 Å². The van der Waals surface area contributed by atoms with E-state index in [1.165, 1.54) is 72.0 Å². The number of hydrogen-bond acceptors (Lipinski definition) is 4. The summed E-state index contributed by atoms with van der Waals surface area (Å²) in [6.07, 6.45) is 1.25. The Morgan fingerprint density at radius 2 is 0.779 bits per heavy atom. The van der Waals surface area contributed by atoms with Crippen LogP contribution in [0, 0.1) is 48.5 Å². The molecule has 0 saturated heterocycles. The maximum absolute atomic E-state index is 15.2. The molecule has 12 aromatic carbocycles. The Balaban J connectivity index is 1.04. The van der Waals surface area contributed by atoms with Crippen LogP contribution in [0.1, 0.15) is 38.9 Å². The molecule has 0 aliphatic carbocycles. The first kappa shape index (κ1) is 42.2. The van der Waals surface area contributed by atoms with Gasteiger partial charge >= 0.3 is 0 Å². The van der Waals surface area contributed by atoms with E-state index in [1.807, 2.05) is 57.2 Å². The van der Waals surface area contributed by atoms with Crippen LogP contribution in [0.5, 0.6) is 0 Å². The molecule has 0 aliphatic heterocycles. The Labute approximate surface area is 396 Å². The first-order chi connectivity index (χ1) is 32.4. The van der Waals surface area contributed by atoms with Crippen molar-refractivity contribution < 1.29 is 16.8 Å². The van der Waals surface area contributed by atoms with Gasteiger partial charge in [-0.15, -0.1) is 0 Å². The fraction of sp³-hybridized carbons (Fsp3) is 0.129. The molecule has 0 heterocycles. The second kappa shape index (κ2) is 14.7. The van der Waals surface area contributed by atoms with E-state index >= 15 is 8.42 Å². The van der Waals surface area contributed by atoms with Crippen LogP contribution in [-0.2, 0) is 19.7 Å². The predicted octanol–water partition coefficient (Wildman–Crippen LogP) is 16.1. The van der Waals surface area contributed by atoms with Crippen LogP contribution in [0.4, 0.5) is 0 Å². The van der Waals surface area contributed by atoms with Gasteiger partial charge in [-0.25, -0.2) is 16.8 Å². The smallest absolute Gasteiger partial charge is 0.207 e. The van der Waals surface area contributed by atoms with Gasteiger partial charge in [0.25, 0.3) is 0 Å². The standard InChI is InChI=1S/C62H48O4S2/c1-33-10-16-46-50(23-33)59(45-15-9-34(2)24-51(45)60(46)43-14-12-41-22-35(3)21-38(6)49(41)31-43)42-13-11-40-32-58(39(7)29-44(40)30-42)68(65,66)57-20-18-48-52-25-36(4)27-54-56(67(8,63)64)19-17-47(61(52)54)53-26-37(5)28-55(57)62(48)53/h9-32H,1-8H3. The number of hydrogen-bond donors (Lipinski definition) is 0. The van der Waals surface area contributed by atoms with E-state index in [0.717, 1.165) is 65.3 Å². The van der Waals surface area contributed by atoms with Crippen LogP contribution >= 0.6 is 0 Å². The van der Waals surface area contributed by atoms with Crippen molar-refractivity contribution in [1.82, 2.24) is 0 Å². The van der Waals surface area contributed by atoms with Crippen molar-refractivity contribution in [3.63, 3.8) is 0 Å². The Morgan fingerprint density at radius 3 is 1.37 bits per heavy atom. The summed E-state index contributed by atoms with van der Waals surface area (Å²) in [5, 5.41) is 15.7. The molecule has 12 rings (SSSR count). The molecule has 0 spiro atoms. The van der Waals surface area contributed by atoms with Crippen molar-refractivity contribution >= 4 is 106 Å². The summed E-state index contributed by atoms with van der Waals surface area (Å²) in [6.45, 7) is 14.5. The van der Waals surface area contributed by atoms with E-state index in [0.29, 0.717) is 21.2 Å². The van der Waals surface area contributed by atoms with Crippen LogP contribution in [-0.4, -0.2) is 23.1 Å². The minimum absolute atomic E-state index is 0.251. The van der Waals surface area contributed by atoms with Gasteiger partial charge in [-0.3, -0.25) is 0 Å². The zero-order valence-corrected chi connectivity index (χ0v) is 40.9. The SMILES string of the molecule is Cc1cc(C)c2cc(-c3c4ccc(C)cc4c(-c4ccc5cc(S(=O)(=O)c6ccc7c8cc(C)cc9c(S(C)(=O)=O)ccc(c%10cc(C)cc6c7%10)c98)c(C)cc5c4)c4ccc(C)cc34)ccc2c1. The summed E-state index contributed by atoms with van der Waals surface area (Å²) in [5.74, 6) is 0. The fourth-order valence-corrected chi connectivity index (χ4v) is 14.1. The van der Waals surface area contributed by atoms with Crippen molar-refractivity contribution in [1.29, 1.82) is 0 Å². The van der Waals surface area contributed by atoms with Gasteiger partial charge in [0.05, 0.1) is 14.7 Å². The maximum atomic E-state index is 15.2. The third kappa shape index (κ3) is 6.30. The van der Waals surface area contributed by atoms with Gasteiger partial charge < -0.3 is 0 Å². The lowest BCUT2D eigenvalue weighted by molar-refractivity contribution is 0.596. The highest BCUT2D eigenvalue weighted by molar-refractivity contribution is 7.92. The van der Waals surface area contributed by atoms with Gasteiger partial charge in [0.1, 0.15) is 0 Å². The number of benzene rings is 12. The Kier molecular flexibility index (Phi) is 9.13. The van der Waals surface area contributed by atoms with E-state index in [9.17, 15) is 8.42 Å². The van der Waals surface area contributed by atoms with Crippen LogP contribution in [0.15, 0.2) is 160 Å². The van der Waals surface area contributed by atoms with E-state index in [-0.39, 0.29) is 9.79 Å². The van der Waals surface area contributed by atoms with Gasteiger partial charge in [-0.1, -0.05) is 132 Å². The highest BCUT2D eigenvalue weighted by Crippen LogP contribution is 2.48. The van der Waals surface area contributed by atoms with Crippen molar-refractivity contribution in [2.24, 2.45) is 0 Å². The average molecular weight is 921 g/mol. The van der Waals surface area contributed by atoms with Gasteiger partial charge in [0.2, 0.25) is 9.84 Å². The Hall–Kier alpha value is -7.12. The third-order valence-electron chi connectivity index (χ3n) is 14.4. The molecular weight excluding hydrogens is 873 g/mol. The predicted molar refractivity (Wildman–Crippen MR) is 287 cm³/mol. The highest BCUT2D eigenvalue weighted by atomic mass is 32.2. The average Bonchev–Trinajstić information content (AvgIpc) is 3.28. The molecule has 68 heavy (non-hydrogen) atoms. The summed E-state index contributed by atoms with van der Waals surface area (Å²) in [7, 11) is -7.56. The van der Waals surface area contributed by atoms with Crippen LogP contribution in [0.2, 0.25) is 0 Å². The minimum Gasteiger partial charge on any atom is -0.224 e. The second-order valence-corrected chi connectivity index (χ2v) is 23.4. The molecule has 0 unspecified atom stereocenters. The quantitative estimate of drug-likeness (QED) is 0.127. The second-order valence-electron chi connectivity index (χ2n) is 19.5. The summed E-state index contributed by atoms with van der Waals surface area (Å²) in [5.41, 5.74) is 12.1. The zero-order valence-electron chi connectivity index (χ0n) is 39.3. The first-order valence-electron chi connectivity index (χ1n) is 23.1. The molecule has 0 amide bonds. The van der Waals surface area contributed by atoms with Gasteiger partial charge in [-0.05, 0) is 199 Å². The molecule has 0 N–H and O–H groups in total. The van der Waals surface area contributed by atoms with Gasteiger partial charge in [0.15, 0.2) is 9.84 Å². The first-order valence-corrected chi connectivity index (χ1v) is 26.5. The topological polar surface area (TPSA) is 68.3 Å². The molecule has 332 valence electrons. The normalized spacial score (nSPS) is 12.6. The molecule has 0 bridgehead atoms. The lowest BCUT2D eigenvalue weighted by Gasteiger charge is -2.20. The summed E-state index contributed by atoms with van der Waals surface area (Å²) >= 11 is 0. The largest absolute Gasteiger partial charge is 0.224 e. The number of rotatable bonds is 5. The maximum Gasteiger partial charge on any atom is 0.207 e. The van der Waals surface area contributed by atoms with Crippen molar-refractivity contribution in [3.8, 4) is 22.3 Å². The Morgan fingerprint density at radius 1 is 0.294 bits per heavy atom. The van der Waals surface area contributed by atoms with E-state index < -0.39 is 19.7 Å². The summed E-state index contributed by atoms with van der Waals surface area (Å²) in [4.78, 5) is 0.814. The summed E-state index contributed by atoms with van der Waals surface area (Å²) < 4.78 is 56.5.